The Hall–Kier alpha value is -1.02. The second kappa shape index (κ2) is 6.39. The van der Waals surface area contributed by atoms with Gasteiger partial charge in [0.15, 0.2) is 0 Å². The predicted octanol–water partition coefficient (Wildman–Crippen LogP) is 3.63. The summed E-state index contributed by atoms with van der Waals surface area (Å²) < 4.78 is 64.3. The van der Waals surface area contributed by atoms with E-state index in [4.69, 9.17) is 0 Å². The van der Waals surface area contributed by atoms with Crippen LogP contribution in [0.25, 0.3) is 0 Å². The zero-order chi connectivity index (χ0) is 16.3. The Morgan fingerprint density at radius 3 is 1.95 bits per heavy atom. The topological polar surface area (TPSA) is 43.4 Å². The zero-order valence-electron chi connectivity index (χ0n) is 12.2. The fraction of sp³-hybridized carbons (Fsp3) is 0.538. The van der Waals surface area contributed by atoms with Crippen molar-refractivity contribution in [2.45, 2.75) is 44.4 Å². The molecule has 0 aliphatic carbocycles. The van der Waals surface area contributed by atoms with E-state index in [1.807, 2.05) is 20.8 Å². The van der Waals surface area contributed by atoms with Gasteiger partial charge in [-0.05, 0) is 11.3 Å². The molecule has 0 fully saturated rings. The van der Waals surface area contributed by atoms with Gasteiger partial charge in [-0.15, -0.1) is 0 Å². The molecule has 120 valence electrons. The molecule has 21 heavy (non-hydrogen) atoms. The second-order valence-corrected chi connectivity index (χ2v) is 11.6. The van der Waals surface area contributed by atoms with Crippen molar-refractivity contribution in [1.82, 2.24) is 0 Å². The third-order valence-corrected chi connectivity index (χ3v) is 10.6. The van der Waals surface area contributed by atoms with Crippen LogP contribution in [0.15, 0.2) is 24.3 Å². The van der Waals surface area contributed by atoms with Crippen LogP contribution in [0.2, 0.25) is 18.1 Å². The normalized spacial score (nSPS) is 13.2. The largest absolute Gasteiger partial charge is 0.534 e. The number of para-hydroxylation sites is 1. The minimum absolute atomic E-state index is 0.188. The molecular formula is C13H19F3O3SSi. The van der Waals surface area contributed by atoms with Crippen LogP contribution in [0, 0.1) is 0 Å². The van der Waals surface area contributed by atoms with Crippen molar-refractivity contribution in [2.24, 2.45) is 0 Å². The molecule has 0 bridgehead atoms. The number of hydrogen-bond donors (Lipinski definition) is 0. The average molecular weight is 340 g/mol. The first-order chi connectivity index (χ1) is 9.63. The summed E-state index contributed by atoms with van der Waals surface area (Å²) in [5.41, 5.74) is -5.42. The van der Waals surface area contributed by atoms with Crippen LogP contribution in [-0.4, -0.2) is 22.0 Å². The van der Waals surface area contributed by atoms with Crippen LogP contribution in [0.3, 0.4) is 0 Å². The molecule has 0 N–H and O–H groups in total. The minimum Gasteiger partial charge on any atom is -0.376 e. The van der Waals surface area contributed by atoms with Crippen molar-refractivity contribution in [1.29, 1.82) is 0 Å². The molecule has 0 heterocycles. The van der Waals surface area contributed by atoms with Crippen LogP contribution < -0.4 is 9.37 Å². The highest BCUT2D eigenvalue weighted by Crippen LogP contribution is 2.29. The van der Waals surface area contributed by atoms with Gasteiger partial charge in [-0.3, -0.25) is 0 Å². The van der Waals surface area contributed by atoms with Gasteiger partial charge in [-0.25, -0.2) is 0 Å². The molecule has 0 aliphatic heterocycles. The highest BCUT2D eigenvalue weighted by molar-refractivity contribution is 7.88. The van der Waals surface area contributed by atoms with Crippen LogP contribution in [0.4, 0.5) is 13.2 Å². The lowest BCUT2D eigenvalue weighted by Gasteiger charge is -2.30. The molecule has 0 unspecified atom stereocenters. The molecule has 1 aromatic rings. The van der Waals surface area contributed by atoms with Gasteiger partial charge in [-0.2, -0.15) is 21.6 Å². The first kappa shape index (κ1) is 18.0. The van der Waals surface area contributed by atoms with Gasteiger partial charge in [0.2, 0.25) is 0 Å². The van der Waals surface area contributed by atoms with Gasteiger partial charge in [0, 0.05) is 0 Å². The number of rotatable bonds is 6. The monoisotopic (exact) mass is 340 g/mol. The second-order valence-electron chi connectivity index (χ2n) is 4.82. The predicted molar refractivity (Wildman–Crippen MR) is 78.9 cm³/mol. The minimum atomic E-state index is -5.64. The van der Waals surface area contributed by atoms with Crippen molar-refractivity contribution >= 4 is 23.4 Å². The first-order valence-electron chi connectivity index (χ1n) is 6.73. The molecule has 0 saturated carbocycles. The molecule has 3 nitrogen and oxygen atoms in total. The maximum absolute atomic E-state index is 12.5. The van der Waals surface area contributed by atoms with Crippen LogP contribution >= 0.6 is 0 Å². The number of hydrogen-bond acceptors (Lipinski definition) is 3. The Morgan fingerprint density at radius 1 is 1.05 bits per heavy atom. The molecule has 0 aliphatic rings. The van der Waals surface area contributed by atoms with Gasteiger partial charge in [0.05, 0.1) is 8.07 Å². The summed E-state index contributed by atoms with van der Waals surface area (Å²) in [6.07, 6.45) is 0. The lowest BCUT2D eigenvalue weighted by atomic mass is 10.3. The summed E-state index contributed by atoms with van der Waals surface area (Å²) in [6.45, 7) is 5.94. The lowest BCUT2D eigenvalue weighted by Crippen LogP contribution is -2.47. The van der Waals surface area contributed by atoms with E-state index in [0.29, 0.717) is 5.19 Å². The Kier molecular flexibility index (Phi) is 5.49. The van der Waals surface area contributed by atoms with E-state index in [0.717, 1.165) is 18.1 Å². The highest BCUT2D eigenvalue weighted by atomic mass is 32.2. The van der Waals surface area contributed by atoms with E-state index in [-0.39, 0.29) is 5.75 Å². The van der Waals surface area contributed by atoms with Gasteiger partial charge in [-0.1, -0.05) is 57.1 Å². The zero-order valence-corrected chi connectivity index (χ0v) is 14.0. The summed E-state index contributed by atoms with van der Waals surface area (Å²) in [6, 6.07) is 8.59. The lowest BCUT2D eigenvalue weighted by molar-refractivity contribution is -0.0499. The van der Waals surface area contributed by atoms with Crippen molar-refractivity contribution in [3.8, 4) is 5.75 Å². The van der Waals surface area contributed by atoms with Gasteiger partial charge < -0.3 is 4.18 Å². The van der Waals surface area contributed by atoms with Crippen LogP contribution in [0.5, 0.6) is 5.75 Å². The molecule has 0 spiro atoms. The standard InChI is InChI=1S/C13H19F3O3SSi/c1-4-21(5-2,6-3)12-10-8-7-9-11(12)19-20(17,18)13(14,15)16/h7-10H,4-6H2,1-3H3. The van der Waals surface area contributed by atoms with Gasteiger partial charge in [0.1, 0.15) is 5.75 Å². The molecule has 0 amide bonds. The fourth-order valence-corrected chi connectivity index (χ4v) is 6.76. The summed E-state index contributed by atoms with van der Waals surface area (Å²) in [7, 11) is -7.69. The maximum Gasteiger partial charge on any atom is 0.534 e. The Balaban J connectivity index is 3.35. The van der Waals surface area contributed by atoms with Crippen LogP contribution in [-0.2, 0) is 10.1 Å². The van der Waals surface area contributed by atoms with E-state index in [2.05, 4.69) is 4.18 Å². The summed E-state index contributed by atoms with van der Waals surface area (Å²) in [5.74, 6) is -0.188. The highest BCUT2D eigenvalue weighted by Gasteiger charge is 2.49. The molecule has 0 atom stereocenters. The van der Waals surface area contributed by atoms with Gasteiger partial charge in [0.25, 0.3) is 0 Å². The Labute approximate surface area is 124 Å². The first-order valence-corrected chi connectivity index (χ1v) is 10.8. The quantitative estimate of drug-likeness (QED) is 0.451. The SMILES string of the molecule is CC[Si](CC)(CC)c1ccccc1OS(=O)(=O)C(F)(F)F. The number of benzene rings is 1. The maximum atomic E-state index is 12.5. The van der Waals surface area contributed by atoms with Crippen molar-refractivity contribution in [3.63, 3.8) is 0 Å². The van der Waals surface area contributed by atoms with E-state index < -0.39 is 23.7 Å². The molecular weight excluding hydrogens is 321 g/mol. The fourth-order valence-electron chi connectivity index (χ4n) is 2.46. The number of alkyl halides is 3. The molecule has 0 saturated heterocycles. The Morgan fingerprint density at radius 2 is 1.52 bits per heavy atom. The van der Waals surface area contributed by atoms with E-state index >= 15 is 0 Å². The molecule has 1 aromatic carbocycles. The average Bonchev–Trinajstić information content (AvgIpc) is 2.41. The van der Waals surface area contributed by atoms with E-state index in [1.54, 1.807) is 12.1 Å². The van der Waals surface area contributed by atoms with E-state index in [9.17, 15) is 21.6 Å². The molecule has 0 radical (unpaired) electrons. The third kappa shape index (κ3) is 3.60. The smallest absolute Gasteiger partial charge is 0.376 e. The molecule has 8 heteroatoms. The number of halogens is 3. The summed E-state index contributed by atoms with van der Waals surface area (Å²) >= 11 is 0. The van der Waals surface area contributed by atoms with Crippen LogP contribution in [0.1, 0.15) is 20.8 Å². The van der Waals surface area contributed by atoms with Crippen molar-refractivity contribution in [2.75, 3.05) is 0 Å². The van der Waals surface area contributed by atoms with Crippen molar-refractivity contribution in [3.05, 3.63) is 24.3 Å². The Bertz CT molecular complexity index is 572. The molecule has 1 rings (SSSR count). The molecule has 0 aromatic heterocycles. The summed E-state index contributed by atoms with van der Waals surface area (Å²) in [5, 5.41) is 0.630. The van der Waals surface area contributed by atoms with E-state index in [1.165, 1.54) is 12.1 Å². The third-order valence-electron chi connectivity index (χ3n) is 3.97. The van der Waals surface area contributed by atoms with Crippen molar-refractivity contribution < 1.29 is 25.8 Å². The van der Waals surface area contributed by atoms with Gasteiger partial charge >= 0.3 is 15.6 Å². The summed E-state index contributed by atoms with van der Waals surface area (Å²) in [4.78, 5) is 0.